The minimum absolute atomic E-state index is 0.00851. The Hall–Kier alpha value is -3.20. The van der Waals surface area contributed by atoms with Gasteiger partial charge < -0.3 is 4.40 Å². The average molecular weight is 292 g/mol. The number of non-ortho nitro benzene ring substituents is 1. The molecule has 0 aliphatic heterocycles. The summed E-state index contributed by atoms with van der Waals surface area (Å²) in [4.78, 5) is 15.1. The number of hydrogen-bond donors (Lipinski definition) is 0. The number of benzene rings is 1. The van der Waals surface area contributed by atoms with E-state index < -0.39 is 4.92 Å². The first-order valence-corrected chi connectivity index (χ1v) is 6.70. The van der Waals surface area contributed by atoms with Gasteiger partial charge in [-0.05, 0) is 18.6 Å². The number of pyridine rings is 1. The molecule has 6 nitrogen and oxygen atoms in total. The maximum atomic E-state index is 10.9. The summed E-state index contributed by atoms with van der Waals surface area (Å²) in [6.07, 6.45) is 2.03. The Kier molecular flexibility index (Phi) is 3.31. The normalized spacial score (nSPS) is 10.5. The quantitative estimate of drug-likeness (QED) is 0.547. The van der Waals surface area contributed by atoms with Crippen LogP contribution in [-0.2, 0) is 6.42 Å². The minimum atomic E-state index is -0.436. The Labute approximate surface area is 126 Å². The van der Waals surface area contributed by atoms with Crippen LogP contribution in [0.15, 0.2) is 42.6 Å². The fourth-order valence-electron chi connectivity index (χ4n) is 2.49. The number of nitrogens with zero attached hydrogens (tertiary/aromatic N) is 4. The van der Waals surface area contributed by atoms with Crippen molar-refractivity contribution in [3.63, 3.8) is 0 Å². The molecule has 3 aromatic rings. The van der Waals surface area contributed by atoms with E-state index in [9.17, 15) is 10.1 Å². The first-order chi connectivity index (χ1) is 10.6. The molecule has 0 radical (unpaired) electrons. The monoisotopic (exact) mass is 292 g/mol. The van der Waals surface area contributed by atoms with Gasteiger partial charge in [0.25, 0.3) is 5.69 Å². The van der Waals surface area contributed by atoms with Gasteiger partial charge in [0.05, 0.1) is 28.8 Å². The third-order valence-electron chi connectivity index (χ3n) is 3.52. The van der Waals surface area contributed by atoms with Gasteiger partial charge in [-0.2, -0.15) is 5.26 Å². The van der Waals surface area contributed by atoms with Gasteiger partial charge >= 0.3 is 0 Å². The van der Waals surface area contributed by atoms with Gasteiger partial charge in [0.1, 0.15) is 5.65 Å². The predicted molar refractivity (Wildman–Crippen MR) is 81.3 cm³/mol. The summed E-state index contributed by atoms with van der Waals surface area (Å²) >= 11 is 0. The van der Waals surface area contributed by atoms with E-state index >= 15 is 0 Å². The molecule has 2 aromatic heterocycles. The van der Waals surface area contributed by atoms with Crippen LogP contribution in [0.1, 0.15) is 11.3 Å². The molecule has 22 heavy (non-hydrogen) atoms. The molecule has 108 valence electrons. The van der Waals surface area contributed by atoms with Crippen LogP contribution in [0.25, 0.3) is 16.9 Å². The second-order valence-corrected chi connectivity index (χ2v) is 4.93. The number of fused-ring (bicyclic) bond motifs is 1. The van der Waals surface area contributed by atoms with Gasteiger partial charge in [0.15, 0.2) is 0 Å². The molecule has 0 saturated heterocycles. The number of nitro groups is 1. The summed E-state index contributed by atoms with van der Waals surface area (Å²) in [5.41, 5.74) is 3.74. The van der Waals surface area contributed by atoms with Crippen molar-refractivity contribution >= 4 is 11.3 Å². The van der Waals surface area contributed by atoms with Crippen molar-refractivity contribution in [3.05, 3.63) is 64.0 Å². The Morgan fingerprint density at radius 1 is 1.36 bits per heavy atom. The first kappa shape index (κ1) is 13.8. The van der Waals surface area contributed by atoms with Gasteiger partial charge in [-0.1, -0.05) is 18.2 Å². The van der Waals surface area contributed by atoms with Crippen molar-refractivity contribution in [3.8, 4) is 17.3 Å². The molecular formula is C16H12N4O2. The third-order valence-corrected chi connectivity index (χ3v) is 3.52. The zero-order valence-corrected chi connectivity index (χ0v) is 11.9. The van der Waals surface area contributed by atoms with Crippen LogP contribution in [0.2, 0.25) is 0 Å². The van der Waals surface area contributed by atoms with Crippen LogP contribution in [0.3, 0.4) is 0 Å². The zero-order chi connectivity index (χ0) is 15.7. The van der Waals surface area contributed by atoms with E-state index in [4.69, 9.17) is 5.26 Å². The highest BCUT2D eigenvalue weighted by molar-refractivity contribution is 5.70. The largest absolute Gasteiger partial charge is 0.302 e. The lowest BCUT2D eigenvalue weighted by molar-refractivity contribution is -0.384. The Bertz CT molecular complexity index is 922. The summed E-state index contributed by atoms with van der Waals surface area (Å²) in [7, 11) is 0. The summed E-state index contributed by atoms with van der Waals surface area (Å²) in [5.74, 6) is 0. The fraction of sp³-hybridized carbons (Fsp3) is 0.125. The van der Waals surface area contributed by atoms with Gasteiger partial charge in [-0.3, -0.25) is 10.1 Å². The average Bonchev–Trinajstić information content (AvgIpc) is 2.88. The van der Waals surface area contributed by atoms with E-state index in [0.717, 1.165) is 16.9 Å². The second kappa shape index (κ2) is 5.30. The predicted octanol–water partition coefficient (Wildman–Crippen LogP) is 3.28. The molecule has 0 spiro atoms. The van der Waals surface area contributed by atoms with Crippen molar-refractivity contribution < 1.29 is 4.92 Å². The SMILES string of the molecule is Cc1cccn2c(CC#N)c(-c3cccc([N+](=O)[O-])c3)nc12. The molecule has 0 aliphatic carbocycles. The first-order valence-electron chi connectivity index (χ1n) is 6.70. The second-order valence-electron chi connectivity index (χ2n) is 4.93. The van der Waals surface area contributed by atoms with Gasteiger partial charge in [-0.25, -0.2) is 4.98 Å². The Morgan fingerprint density at radius 2 is 2.18 bits per heavy atom. The van der Waals surface area contributed by atoms with Crippen LogP contribution >= 0.6 is 0 Å². The van der Waals surface area contributed by atoms with Crippen molar-refractivity contribution in [2.24, 2.45) is 0 Å². The van der Waals surface area contributed by atoms with E-state index in [1.165, 1.54) is 12.1 Å². The molecule has 0 fully saturated rings. The topological polar surface area (TPSA) is 84.2 Å². The highest BCUT2D eigenvalue weighted by Gasteiger charge is 2.16. The number of rotatable bonds is 3. The zero-order valence-electron chi connectivity index (χ0n) is 11.9. The van der Waals surface area contributed by atoms with E-state index in [-0.39, 0.29) is 12.1 Å². The van der Waals surface area contributed by atoms with E-state index in [1.807, 2.05) is 29.7 Å². The van der Waals surface area contributed by atoms with Gasteiger partial charge in [0.2, 0.25) is 0 Å². The maximum Gasteiger partial charge on any atom is 0.270 e. The van der Waals surface area contributed by atoms with Crippen molar-refractivity contribution in [1.29, 1.82) is 5.26 Å². The van der Waals surface area contributed by atoms with E-state index in [2.05, 4.69) is 11.1 Å². The lowest BCUT2D eigenvalue weighted by atomic mass is 10.1. The van der Waals surface area contributed by atoms with Gasteiger partial charge in [-0.15, -0.1) is 0 Å². The highest BCUT2D eigenvalue weighted by Crippen LogP contribution is 2.28. The van der Waals surface area contributed by atoms with E-state index in [0.29, 0.717) is 11.3 Å². The number of imidazole rings is 1. The summed E-state index contributed by atoms with van der Waals surface area (Å²) < 4.78 is 1.87. The Balaban J connectivity index is 2.28. The molecule has 0 unspecified atom stereocenters. The van der Waals surface area contributed by atoms with Crippen LogP contribution in [0, 0.1) is 28.4 Å². The van der Waals surface area contributed by atoms with Crippen LogP contribution in [0.5, 0.6) is 0 Å². The number of nitriles is 1. The lowest BCUT2D eigenvalue weighted by Crippen LogP contribution is -1.94. The summed E-state index contributed by atoms with van der Waals surface area (Å²) in [6.45, 7) is 1.94. The molecule has 3 rings (SSSR count). The molecule has 0 N–H and O–H groups in total. The van der Waals surface area contributed by atoms with Crippen molar-refractivity contribution in [2.45, 2.75) is 13.3 Å². The van der Waals surface area contributed by atoms with Crippen molar-refractivity contribution in [1.82, 2.24) is 9.38 Å². The molecule has 1 aromatic carbocycles. The molecule has 0 saturated carbocycles. The van der Waals surface area contributed by atoms with E-state index in [1.54, 1.807) is 12.1 Å². The molecule has 0 bridgehead atoms. The molecular weight excluding hydrogens is 280 g/mol. The van der Waals surface area contributed by atoms with Crippen molar-refractivity contribution in [2.75, 3.05) is 0 Å². The highest BCUT2D eigenvalue weighted by atomic mass is 16.6. The van der Waals surface area contributed by atoms with Gasteiger partial charge in [0, 0.05) is 23.9 Å². The number of aromatic nitrogens is 2. The minimum Gasteiger partial charge on any atom is -0.302 e. The smallest absolute Gasteiger partial charge is 0.270 e. The number of nitro benzene ring substituents is 1. The Morgan fingerprint density at radius 3 is 2.91 bits per heavy atom. The molecule has 2 heterocycles. The van der Waals surface area contributed by atoms with Crippen LogP contribution in [-0.4, -0.2) is 14.3 Å². The van der Waals surface area contributed by atoms with Crippen LogP contribution < -0.4 is 0 Å². The third kappa shape index (κ3) is 2.19. The maximum absolute atomic E-state index is 10.9. The standard InChI is InChI=1S/C16H12N4O2/c1-11-4-3-9-19-14(7-8-17)15(18-16(11)19)12-5-2-6-13(10-12)20(21)22/h2-6,9-10H,7H2,1H3. The fourth-order valence-corrected chi connectivity index (χ4v) is 2.49. The molecule has 0 amide bonds. The van der Waals surface area contributed by atoms with Crippen LogP contribution in [0.4, 0.5) is 5.69 Å². The number of aryl methyl sites for hydroxylation is 1. The summed E-state index contributed by atoms with van der Waals surface area (Å²) in [6, 6.07) is 12.3. The summed E-state index contributed by atoms with van der Waals surface area (Å²) in [5, 5.41) is 20.0. The lowest BCUT2D eigenvalue weighted by Gasteiger charge is -2.02. The molecule has 6 heteroatoms. The molecule has 0 aliphatic rings. The molecule has 0 atom stereocenters. The number of hydrogen-bond acceptors (Lipinski definition) is 4.